The molecule has 0 fully saturated rings. The lowest BCUT2D eigenvalue weighted by atomic mass is 10.0. The first kappa shape index (κ1) is 15.7. The topological polar surface area (TPSA) is 38.3 Å². The number of hydrogen-bond donors (Lipinski definition) is 1. The van der Waals surface area contributed by atoms with Gasteiger partial charge in [0, 0.05) is 23.5 Å². The molecule has 1 aromatic rings. The third-order valence-electron chi connectivity index (χ3n) is 3.03. The van der Waals surface area contributed by atoms with Crippen molar-refractivity contribution < 1.29 is 13.9 Å². The predicted molar refractivity (Wildman–Crippen MR) is 81.8 cm³/mol. The zero-order valence-electron chi connectivity index (χ0n) is 11.4. The molecule has 1 unspecified atom stereocenters. The summed E-state index contributed by atoms with van der Waals surface area (Å²) in [6, 6.07) is 4.99. The smallest absolute Gasteiger partial charge is 0.230 e. The molecule has 0 saturated carbocycles. The number of rotatable bonds is 6. The van der Waals surface area contributed by atoms with Gasteiger partial charge in [0.25, 0.3) is 0 Å². The van der Waals surface area contributed by atoms with Gasteiger partial charge in [0.15, 0.2) is 0 Å². The minimum Gasteiger partial charge on any atom is -0.384 e. The Hall–Kier alpha value is -0.720. The number of thioether (sulfide) groups is 2. The lowest BCUT2D eigenvalue weighted by Crippen LogP contribution is -2.32. The summed E-state index contributed by atoms with van der Waals surface area (Å²) in [5.74, 6) is 1.85. The first-order valence-corrected chi connectivity index (χ1v) is 8.63. The predicted octanol–water partition coefficient (Wildman–Crippen LogP) is 2.86. The zero-order valence-corrected chi connectivity index (χ0v) is 13.0. The number of carbonyl (C=O) groups is 1. The van der Waals surface area contributed by atoms with Gasteiger partial charge in [-0.3, -0.25) is 4.79 Å². The molecule has 110 valence electrons. The second kappa shape index (κ2) is 7.90. The van der Waals surface area contributed by atoms with E-state index in [1.807, 2.05) is 6.07 Å². The van der Waals surface area contributed by atoms with Crippen LogP contribution in [0, 0.1) is 5.82 Å². The number of carbonyl (C=O) groups excluding carboxylic acids is 1. The van der Waals surface area contributed by atoms with Crippen molar-refractivity contribution in [2.45, 2.75) is 17.4 Å². The zero-order chi connectivity index (χ0) is 14.4. The molecule has 1 amide bonds. The number of halogens is 1. The van der Waals surface area contributed by atoms with Crippen LogP contribution in [-0.4, -0.2) is 36.9 Å². The SMILES string of the molecule is COCCSCC(=O)NC1CCSc2c(F)cccc21. The van der Waals surface area contributed by atoms with E-state index < -0.39 is 0 Å². The number of methoxy groups -OCH3 is 1. The van der Waals surface area contributed by atoms with Crippen LogP contribution in [0.2, 0.25) is 0 Å². The molecule has 1 aliphatic heterocycles. The van der Waals surface area contributed by atoms with Crippen molar-refractivity contribution in [1.82, 2.24) is 5.32 Å². The van der Waals surface area contributed by atoms with Gasteiger partial charge in [0.2, 0.25) is 5.91 Å². The monoisotopic (exact) mass is 315 g/mol. The van der Waals surface area contributed by atoms with Crippen LogP contribution in [0.4, 0.5) is 4.39 Å². The van der Waals surface area contributed by atoms with Gasteiger partial charge in [-0.15, -0.1) is 23.5 Å². The van der Waals surface area contributed by atoms with Gasteiger partial charge in [0.1, 0.15) is 5.82 Å². The molecule has 1 heterocycles. The molecule has 20 heavy (non-hydrogen) atoms. The highest BCUT2D eigenvalue weighted by atomic mass is 32.2. The van der Waals surface area contributed by atoms with Crippen molar-refractivity contribution in [1.29, 1.82) is 0 Å². The third kappa shape index (κ3) is 4.14. The van der Waals surface area contributed by atoms with Crippen molar-refractivity contribution in [2.24, 2.45) is 0 Å². The molecule has 3 nitrogen and oxygen atoms in total. The van der Waals surface area contributed by atoms with E-state index in [1.54, 1.807) is 24.9 Å². The maximum Gasteiger partial charge on any atom is 0.230 e. The Morgan fingerprint density at radius 3 is 3.25 bits per heavy atom. The fourth-order valence-corrected chi connectivity index (χ4v) is 3.92. The standard InChI is InChI=1S/C14H18FNO2S2/c1-18-6-8-19-9-13(17)16-12-5-7-20-14-10(12)3-2-4-11(14)15/h2-4,12H,5-9H2,1H3,(H,16,17). The minimum atomic E-state index is -0.194. The molecule has 0 aromatic heterocycles. The Balaban J connectivity index is 1.91. The molecule has 0 aliphatic carbocycles. The van der Waals surface area contributed by atoms with Crippen LogP contribution in [0.3, 0.4) is 0 Å². The highest BCUT2D eigenvalue weighted by Crippen LogP contribution is 2.37. The Kier molecular flexibility index (Phi) is 6.19. The van der Waals surface area contributed by atoms with Gasteiger partial charge in [-0.2, -0.15) is 0 Å². The first-order valence-electron chi connectivity index (χ1n) is 6.49. The fourth-order valence-electron chi connectivity index (χ4n) is 2.08. The number of ether oxygens (including phenoxy) is 1. The molecule has 2 rings (SSSR count). The van der Waals surface area contributed by atoms with Crippen LogP contribution in [-0.2, 0) is 9.53 Å². The van der Waals surface area contributed by atoms with Gasteiger partial charge < -0.3 is 10.1 Å². The molecular weight excluding hydrogens is 297 g/mol. The first-order chi connectivity index (χ1) is 9.72. The fraction of sp³-hybridized carbons (Fsp3) is 0.500. The summed E-state index contributed by atoms with van der Waals surface area (Å²) in [6.07, 6.45) is 0.843. The highest BCUT2D eigenvalue weighted by Gasteiger charge is 2.24. The molecular formula is C14H18FNO2S2. The van der Waals surface area contributed by atoms with E-state index in [0.29, 0.717) is 17.3 Å². The van der Waals surface area contributed by atoms with Gasteiger partial charge in [-0.25, -0.2) is 4.39 Å². The second-order valence-electron chi connectivity index (χ2n) is 4.46. The molecule has 1 aliphatic rings. The van der Waals surface area contributed by atoms with E-state index in [1.165, 1.54) is 17.8 Å². The molecule has 0 radical (unpaired) electrons. The molecule has 1 N–H and O–H groups in total. The number of fused-ring (bicyclic) bond motifs is 1. The Bertz CT molecular complexity index is 470. The van der Waals surface area contributed by atoms with Crippen LogP contribution < -0.4 is 5.32 Å². The molecule has 1 atom stereocenters. The van der Waals surface area contributed by atoms with Crippen LogP contribution in [0.1, 0.15) is 18.0 Å². The van der Waals surface area contributed by atoms with E-state index in [0.717, 1.165) is 23.5 Å². The van der Waals surface area contributed by atoms with Gasteiger partial charge in [-0.05, 0) is 18.1 Å². The van der Waals surface area contributed by atoms with Crippen molar-refractivity contribution in [3.8, 4) is 0 Å². The van der Waals surface area contributed by atoms with Crippen LogP contribution in [0.25, 0.3) is 0 Å². The van der Waals surface area contributed by atoms with Crippen molar-refractivity contribution in [2.75, 3.05) is 31.0 Å². The van der Waals surface area contributed by atoms with Crippen LogP contribution >= 0.6 is 23.5 Å². The third-order valence-corrected chi connectivity index (χ3v) is 5.11. The minimum absolute atomic E-state index is 0.00165. The Morgan fingerprint density at radius 2 is 2.45 bits per heavy atom. The van der Waals surface area contributed by atoms with Crippen molar-refractivity contribution in [3.05, 3.63) is 29.6 Å². The number of amides is 1. The largest absolute Gasteiger partial charge is 0.384 e. The average Bonchev–Trinajstić information content (AvgIpc) is 2.45. The van der Waals surface area contributed by atoms with Gasteiger partial charge >= 0.3 is 0 Å². The van der Waals surface area contributed by atoms with E-state index in [4.69, 9.17) is 4.74 Å². The number of hydrogen-bond acceptors (Lipinski definition) is 4. The van der Waals surface area contributed by atoms with Gasteiger partial charge in [0.05, 0.1) is 18.4 Å². The average molecular weight is 315 g/mol. The van der Waals surface area contributed by atoms with Crippen molar-refractivity contribution in [3.63, 3.8) is 0 Å². The summed E-state index contributed by atoms with van der Waals surface area (Å²) < 4.78 is 18.7. The molecule has 0 bridgehead atoms. The lowest BCUT2D eigenvalue weighted by Gasteiger charge is -2.26. The van der Waals surface area contributed by atoms with E-state index >= 15 is 0 Å². The Morgan fingerprint density at radius 1 is 1.60 bits per heavy atom. The summed E-state index contributed by atoms with van der Waals surface area (Å²) in [5, 5.41) is 3.00. The molecule has 0 spiro atoms. The summed E-state index contributed by atoms with van der Waals surface area (Å²) in [7, 11) is 1.64. The molecule has 6 heteroatoms. The van der Waals surface area contributed by atoms with E-state index in [9.17, 15) is 9.18 Å². The summed E-state index contributed by atoms with van der Waals surface area (Å²) >= 11 is 3.07. The summed E-state index contributed by atoms with van der Waals surface area (Å²) in [6.45, 7) is 0.645. The van der Waals surface area contributed by atoms with Crippen molar-refractivity contribution >= 4 is 29.4 Å². The van der Waals surface area contributed by atoms with Crippen LogP contribution in [0.15, 0.2) is 23.1 Å². The second-order valence-corrected chi connectivity index (χ2v) is 6.67. The quantitative estimate of drug-likeness (QED) is 0.819. The van der Waals surface area contributed by atoms with E-state index in [2.05, 4.69) is 5.32 Å². The Labute approximate surface area is 127 Å². The highest BCUT2D eigenvalue weighted by molar-refractivity contribution is 8.00. The van der Waals surface area contributed by atoms with Crippen LogP contribution in [0.5, 0.6) is 0 Å². The maximum atomic E-state index is 13.7. The molecule has 0 saturated heterocycles. The lowest BCUT2D eigenvalue weighted by molar-refractivity contribution is -0.119. The number of nitrogens with one attached hydrogen (secondary N) is 1. The van der Waals surface area contributed by atoms with E-state index in [-0.39, 0.29) is 17.8 Å². The maximum absolute atomic E-state index is 13.7. The normalized spacial score (nSPS) is 17.6. The number of benzene rings is 1. The summed E-state index contributed by atoms with van der Waals surface area (Å²) in [5.41, 5.74) is 0.900. The van der Waals surface area contributed by atoms with Gasteiger partial charge in [-0.1, -0.05) is 12.1 Å². The molecule has 1 aromatic carbocycles. The summed E-state index contributed by atoms with van der Waals surface area (Å²) in [4.78, 5) is 12.6.